The summed E-state index contributed by atoms with van der Waals surface area (Å²) in [5.41, 5.74) is 3.04. The first kappa shape index (κ1) is 26.5. The van der Waals surface area contributed by atoms with E-state index in [0.29, 0.717) is 60.7 Å². The molecule has 4 aromatic heterocycles. The van der Waals surface area contributed by atoms with Crippen molar-refractivity contribution in [2.75, 3.05) is 67.6 Å². The number of morpholine rings is 1. The molecule has 3 fully saturated rings. The molecule has 0 unspecified atom stereocenters. The Labute approximate surface area is 237 Å². The number of anilines is 3. The maximum absolute atomic E-state index is 13.7. The molecule has 40 heavy (non-hydrogen) atoms. The summed E-state index contributed by atoms with van der Waals surface area (Å²) in [6.45, 7) is 6.18. The Kier molecular flexibility index (Phi) is 7.30. The van der Waals surface area contributed by atoms with E-state index in [-0.39, 0.29) is 18.3 Å². The number of aromatic nitrogens is 5. The van der Waals surface area contributed by atoms with Crippen LogP contribution in [0, 0.1) is 0 Å². The topological polar surface area (TPSA) is 118 Å². The van der Waals surface area contributed by atoms with E-state index in [4.69, 9.17) is 14.1 Å². The van der Waals surface area contributed by atoms with Crippen LogP contribution in [0.25, 0.3) is 22.5 Å². The molecule has 7 rings (SSSR count). The van der Waals surface area contributed by atoms with E-state index in [1.165, 1.54) is 12.8 Å². The molecule has 4 aromatic rings. The van der Waals surface area contributed by atoms with Gasteiger partial charge < -0.3 is 24.3 Å². The van der Waals surface area contributed by atoms with Crippen LogP contribution in [0.5, 0.6) is 0 Å². The first-order valence-corrected chi connectivity index (χ1v) is 13.5. The molecule has 3 aliphatic rings. The zero-order chi connectivity index (χ0) is 26.3. The van der Waals surface area contributed by atoms with Crippen LogP contribution < -0.4 is 15.1 Å². The van der Waals surface area contributed by atoms with E-state index >= 15 is 0 Å². The van der Waals surface area contributed by atoms with Gasteiger partial charge in [-0.2, -0.15) is 10.1 Å². The van der Waals surface area contributed by atoms with Crippen molar-refractivity contribution in [3.8, 4) is 11.3 Å². The van der Waals surface area contributed by atoms with E-state index in [9.17, 15) is 4.79 Å². The lowest BCUT2D eigenvalue weighted by molar-refractivity contribution is 0.102. The molecule has 2 aliphatic heterocycles. The van der Waals surface area contributed by atoms with Gasteiger partial charge in [0.2, 0.25) is 5.65 Å². The van der Waals surface area contributed by atoms with Crippen molar-refractivity contribution < 1.29 is 13.9 Å². The second-order valence-corrected chi connectivity index (χ2v) is 10.3. The van der Waals surface area contributed by atoms with Crippen LogP contribution in [-0.4, -0.2) is 94.1 Å². The van der Waals surface area contributed by atoms with E-state index in [1.807, 2.05) is 30.3 Å². The molecular weight excluding hydrogens is 534 g/mol. The fourth-order valence-electron chi connectivity index (χ4n) is 5.28. The SMILES string of the molecule is Cl.Cn1cc(-c2cccc(NC(=O)c3cc4oc(N5CCOCC5)nc4nc3N3CCN(C4CC4)CC3)n2)cn1. The predicted molar refractivity (Wildman–Crippen MR) is 153 cm³/mol. The summed E-state index contributed by atoms with van der Waals surface area (Å²) in [5.74, 6) is 0.794. The quantitative estimate of drug-likeness (QED) is 0.374. The summed E-state index contributed by atoms with van der Waals surface area (Å²) in [6, 6.07) is 8.54. The third-order valence-corrected chi connectivity index (χ3v) is 7.55. The highest BCUT2D eigenvalue weighted by molar-refractivity contribution is 6.08. The third-order valence-electron chi connectivity index (χ3n) is 7.55. The number of pyridine rings is 2. The van der Waals surface area contributed by atoms with Gasteiger partial charge in [0.15, 0.2) is 5.58 Å². The minimum Gasteiger partial charge on any atom is -0.422 e. The summed E-state index contributed by atoms with van der Waals surface area (Å²) < 4.78 is 13.3. The number of hydrogen-bond acceptors (Lipinski definition) is 10. The number of rotatable bonds is 6. The predicted octanol–water partition coefficient (Wildman–Crippen LogP) is 2.81. The molecule has 0 spiro atoms. The van der Waals surface area contributed by atoms with E-state index < -0.39 is 0 Å². The number of ether oxygens (including phenoxy) is 1. The Hall–Kier alpha value is -3.74. The fraction of sp³-hybridized carbons (Fsp3) is 0.444. The maximum atomic E-state index is 13.7. The normalized spacial score (nSPS) is 18.1. The molecule has 0 atom stereocenters. The van der Waals surface area contributed by atoms with Crippen LogP contribution in [0.4, 0.5) is 17.7 Å². The summed E-state index contributed by atoms with van der Waals surface area (Å²) in [7, 11) is 1.86. The summed E-state index contributed by atoms with van der Waals surface area (Å²) in [6.07, 6.45) is 6.21. The minimum atomic E-state index is -0.288. The van der Waals surface area contributed by atoms with Crippen molar-refractivity contribution in [1.82, 2.24) is 29.6 Å². The average Bonchev–Trinajstić information content (AvgIpc) is 3.59. The van der Waals surface area contributed by atoms with E-state index in [2.05, 4.69) is 30.2 Å². The van der Waals surface area contributed by atoms with Crippen molar-refractivity contribution in [3.63, 3.8) is 0 Å². The molecule has 210 valence electrons. The van der Waals surface area contributed by atoms with Gasteiger partial charge in [0.1, 0.15) is 11.6 Å². The smallest absolute Gasteiger partial charge is 0.300 e. The van der Waals surface area contributed by atoms with Crippen LogP contribution in [0.1, 0.15) is 23.2 Å². The molecular formula is C27H32ClN9O3. The van der Waals surface area contributed by atoms with Gasteiger partial charge in [0, 0.05) is 70.2 Å². The van der Waals surface area contributed by atoms with Gasteiger partial charge in [-0.3, -0.25) is 14.4 Å². The number of piperazine rings is 1. The highest BCUT2D eigenvalue weighted by Gasteiger charge is 2.33. The largest absolute Gasteiger partial charge is 0.422 e. The summed E-state index contributed by atoms with van der Waals surface area (Å²) >= 11 is 0. The Bertz CT molecular complexity index is 1500. The summed E-state index contributed by atoms with van der Waals surface area (Å²) in [4.78, 5) is 34.7. The average molecular weight is 566 g/mol. The van der Waals surface area contributed by atoms with Gasteiger partial charge in [0.05, 0.1) is 30.7 Å². The molecule has 1 amide bonds. The number of nitrogens with one attached hydrogen (secondary N) is 1. The number of carbonyl (C=O) groups excluding carboxylic acids is 1. The Morgan fingerprint density at radius 1 is 1.00 bits per heavy atom. The second-order valence-electron chi connectivity index (χ2n) is 10.3. The molecule has 13 heteroatoms. The number of carbonyl (C=O) groups is 1. The van der Waals surface area contributed by atoms with Crippen LogP contribution in [0.3, 0.4) is 0 Å². The first-order valence-electron chi connectivity index (χ1n) is 13.5. The van der Waals surface area contributed by atoms with Crippen LogP contribution in [-0.2, 0) is 11.8 Å². The molecule has 2 saturated heterocycles. The van der Waals surface area contributed by atoms with Crippen LogP contribution in [0.15, 0.2) is 41.1 Å². The lowest BCUT2D eigenvalue weighted by Gasteiger charge is -2.36. The Morgan fingerprint density at radius 2 is 1.80 bits per heavy atom. The highest BCUT2D eigenvalue weighted by Crippen LogP contribution is 2.31. The number of oxazole rings is 1. The third kappa shape index (κ3) is 5.34. The molecule has 1 aliphatic carbocycles. The number of halogens is 1. The maximum Gasteiger partial charge on any atom is 0.300 e. The first-order chi connectivity index (χ1) is 19.1. The number of nitrogens with zero attached hydrogens (tertiary/aromatic N) is 8. The number of fused-ring (bicyclic) bond motifs is 1. The summed E-state index contributed by atoms with van der Waals surface area (Å²) in [5, 5.41) is 7.21. The Balaban J connectivity index is 0.00000289. The van der Waals surface area contributed by atoms with Crippen LogP contribution in [0.2, 0.25) is 0 Å². The second kappa shape index (κ2) is 11.0. The van der Waals surface area contributed by atoms with E-state index in [1.54, 1.807) is 23.0 Å². The number of amides is 1. The van der Waals surface area contributed by atoms with Crippen molar-refractivity contribution >= 4 is 47.2 Å². The Morgan fingerprint density at radius 3 is 2.52 bits per heavy atom. The van der Waals surface area contributed by atoms with Crippen molar-refractivity contribution in [2.24, 2.45) is 7.05 Å². The lowest BCUT2D eigenvalue weighted by Crippen LogP contribution is -2.48. The van der Waals surface area contributed by atoms with Crippen LogP contribution >= 0.6 is 12.4 Å². The molecule has 0 radical (unpaired) electrons. The van der Waals surface area contributed by atoms with Crippen molar-refractivity contribution in [2.45, 2.75) is 18.9 Å². The number of hydrogen-bond donors (Lipinski definition) is 1. The zero-order valence-electron chi connectivity index (χ0n) is 22.3. The van der Waals surface area contributed by atoms with Crippen molar-refractivity contribution in [1.29, 1.82) is 0 Å². The standard InChI is InChI=1S/C27H31N9O3.ClH/c1-33-17-18(16-28-33)21-3-2-4-23(29-21)30-26(37)20-15-22-24(32-27(39-22)36-11-13-38-14-12-36)31-25(20)35-9-7-34(8-10-35)19-5-6-19;/h2-4,15-17,19H,5-14H2,1H3,(H,29,30,37);1H. The minimum absolute atomic E-state index is 0. The van der Waals surface area contributed by atoms with Crippen molar-refractivity contribution in [3.05, 3.63) is 42.2 Å². The van der Waals surface area contributed by atoms with E-state index in [0.717, 1.165) is 43.5 Å². The molecule has 6 heterocycles. The van der Waals surface area contributed by atoms with Gasteiger partial charge in [-0.15, -0.1) is 12.4 Å². The monoisotopic (exact) mass is 565 g/mol. The zero-order valence-corrected chi connectivity index (χ0v) is 23.1. The molecule has 1 N–H and O–H groups in total. The molecule has 0 bridgehead atoms. The fourth-order valence-corrected chi connectivity index (χ4v) is 5.28. The molecule has 12 nitrogen and oxygen atoms in total. The van der Waals surface area contributed by atoms with Gasteiger partial charge in [0.25, 0.3) is 11.9 Å². The van der Waals surface area contributed by atoms with Gasteiger partial charge >= 0.3 is 0 Å². The van der Waals surface area contributed by atoms with Gasteiger partial charge in [-0.1, -0.05) is 6.07 Å². The molecule has 1 saturated carbocycles. The van der Waals surface area contributed by atoms with Gasteiger partial charge in [-0.25, -0.2) is 9.97 Å². The lowest BCUT2D eigenvalue weighted by atomic mass is 10.2. The number of aryl methyl sites for hydroxylation is 1. The van der Waals surface area contributed by atoms with Gasteiger partial charge in [-0.05, 0) is 25.0 Å². The highest BCUT2D eigenvalue weighted by atomic mass is 35.5. The molecule has 0 aromatic carbocycles.